The van der Waals surface area contributed by atoms with Crippen molar-refractivity contribution in [2.45, 2.75) is 44.6 Å². The van der Waals surface area contributed by atoms with Crippen molar-refractivity contribution in [1.29, 1.82) is 0 Å². The zero-order valence-electron chi connectivity index (χ0n) is 13.0. The first-order valence-corrected chi connectivity index (χ1v) is 8.62. The number of hydrogen-bond donors (Lipinski definition) is 2. The van der Waals surface area contributed by atoms with Gasteiger partial charge in [0.1, 0.15) is 6.04 Å². The molecular weight excluding hydrogens is 300 g/mol. The number of rotatable bonds is 3. The van der Waals surface area contributed by atoms with Crippen molar-refractivity contribution in [3.05, 3.63) is 15.6 Å². The summed E-state index contributed by atoms with van der Waals surface area (Å²) in [6.45, 7) is 3.31. The van der Waals surface area contributed by atoms with E-state index in [1.54, 1.807) is 23.3 Å². The van der Waals surface area contributed by atoms with E-state index in [2.05, 4.69) is 15.6 Å². The second kappa shape index (κ2) is 6.24. The second-order valence-corrected chi connectivity index (χ2v) is 7.37. The molecular formula is C15H22N4O2S. The quantitative estimate of drug-likeness (QED) is 0.883. The number of thiazole rings is 1. The molecule has 2 atom stereocenters. The minimum atomic E-state index is -0.381. The van der Waals surface area contributed by atoms with Gasteiger partial charge in [-0.1, -0.05) is 0 Å². The maximum atomic E-state index is 12.0. The first-order chi connectivity index (χ1) is 10.5. The number of carbonyl (C=O) groups is 2. The van der Waals surface area contributed by atoms with E-state index in [4.69, 9.17) is 0 Å². The lowest BCUT2D eigenvalue weighted by Crippen LogP contribution is -2.46. The van der Waals surface area contributed by atoms with Crippen LogP contribution >= 0.6 is 11.3 Å². The van der Waals surface area contributed by atoms with Crippen LogP contribution < -0.4 is 10.6 Å². The van der Waals surface area contributed by atoms with Crippen LogP contribution in [0.3, 0.4) is 0 Å². The summed E-state index contributed by atoms with van der Waals surface area (Å²) in [7, 11) is 1.76. The van der Waals surface area contributed by atoms with Gasteiger partial charge in [0.05, 0.1) is 10.7 Å². The molecule has 0 saturated carbocycles. The van der Waals surface area contributed by atoms with E-state index in [-0.39, 0.29) is 18.0 Å². The molecule has 0 unspecified atom stereocenters. The average Bonchev–Trinajstić information content (AvgIpc) is 3.01. The molecule has 2 N–H and O–H groups in total. The summed E-state index contributed by atoms with van der Waals surface area (Å²) in [5, 5.41) is 6.78. The Balaban J connectivity index is 1.53. The Labute approximate surface area is 134 Å². The fourth-order valence-corrected chi connectivity index (χ4v) is 4.27. The van der Waals surface area contributed by atoms with E-state index < -0.39 is 0 Å². The SMILES string of the molecule is Cc1nc2c(s1)CCC[C@H]2CNC(=O)N[C@@H]1CCN(C)C1=O. The highest BCUT2D eigenvalue weighted by molar-refractivity contribution is 7.11. The molecule has 1 fully saturated rings. The van der Waals surface area contributed by atoms with Crippen LogP contribution in [-0.4, -0.2) is 48.0 Å². The fourth-order valence-electron chi connectivity index (χ4n) is 3.21. The molecule has 6 nitrogen and oxygen atoms in total. The van der Waals surface area contributed by atoms with Crippen LogP contribution in [0.5, 0.6) is 0 Å². The van der Waals surface area contributed by atoms with Crippen LogP contribution in [0.2, 0.25) is 0 Å². The van der Waals surface area contributed by atoms with Gasteiger partial charge in [0.25, 0.3) is 0 Å². The lowest BCUT2D eigenvalue weighted by Gasteiger charge is -2.22. The summed E-state index contributed by atoms with van der Waals surface area (Å²) in [4.78, 5) is 31.4. The Hall–Kier alpha value is -1.63. The van der Waals surface area contributed by atoms with Gasteiger partial charge in [-0.2, -0.15) is 0 Å². The predicted octanol–water partition coefficient (Wildman–Crippen LogP) is 1.40. The van der Waals surface area contributed by atoms with E-state index in [0.717, 1.165) is 30.0 Å². The van der Waals surface area contributed by atoms with Gasteiger partial charge in [0.15, 0.2) is 0 Å². The van der Waals surface area contributed by atoms with Crippen LogP contribution in [-0.2, 0) is 11.2 Å². The average molecular weight is 322 g/mol. The van der Waals surface area contributed by atoms with Gasteiger partial charge in [-0.25, -0.2) is 9.78 Å². The molecule has 1 aliphatic heterocycles. The molecule has 0 radical (unpaired) electrons. The molecule has 1 aromatic heterocycles. The summed E-state index contributed by atoms with van der Waals surface area (Å²) >= 11 is 1.77. The summed E-state index contributed by atoms with van der Waals surface area (Å²) in [5.41, 5.74) is 1.16. The highest BCUT2D eigenvalue weighted by Crippen LogP contribution is 2.34. The third-order valence-corrected chi connectivity index (χ3v) is 5.47. The standard InChI is InChI=1S/C15H22N4O2S/c1-9-17-13-10(4-3-5-12(13)22-9)8-16-15(21)18-11-6-7-19(2)14(11)20/h10-11H,3-8H2,1-2H3,(H2,16,18,21)/t10-,11+/m0/s1. The van der Waals surface area contributed by atoms with Crippen LogP contribution in [0.1, 0.15) is 40.8 Å². The van der Waals surface area contributed by atoms with Crippen molar-refractivity contribution >= 4 is 23.3 Å². The number of likely N-dealkylation sites (N-methyl/N-ethyl adjacent to an activating group) is 1. The van der Waals surface area contributed by atoms with E-state index in [9.17, 15) is 9.59 Å². The number of nitrogens with one attached hydrogen (secondary N) is 2. The Kier molecular flexibility index (Phi) is 4.33. The largest absolute Gasteiger partial charge is 0.344 e. The minimum absolute atomic E-state index is 0.00905. The van der Waals surface area contributed by atoms with Crippen LogP contribution in [0.25, 0.3) is 0 Å². The van der Waals surface area contributed by atoms with Crippen molar-refractivity contribution in [3.8, 4) is 0 Å². The third kappa shape index (κ3) is 3.09. The van der Waals surface area contributed by atoms with Crippen molar-refractivity contribution in [2.75, 3.05) is 20.1 Å². The molecule has 0 aromatic carbocycles. The number of likely N-dealkylation sites (tertiary alicyclic amines) is 1. The van der Waals surface area contributed by atoms with E-state index in [1.807, 2.05) is 6.92 Å². The Bertz CT molecular complexity index is 586. The van der Waals surface area contributed by atoms with Crippen LogP contribution in [0, 0.1) is 6.92 Å². The maximum Gasteiger partial charge on any atom is 0.315 e. The summed E-state index contributed by atoms with van der Waals surface area (Å²) < 4.78 is 0. The van der Waals surface area contributed by atoms with Crippen molar-refractivity contribution in [1.82, 2.24) is 20.5 Å². The number of aryl methyl sites for hydroxylation is 2. The zero-order valence-corrected chi connectivity index (χ0v) is 13.8. The third-order valence-electron chi connectivity index (χ3n) is 4.42. The smallest absolute Gasteiger partial charge is 0.315 e. The minimum Gasteiger partial charge on any atom is -0.344 e. The Morgan fingerprint density at radius 3 is 3.00 bits per heavy atom. The molecule has 1 saturated heterocycles. The van der Waals surface area contributed by atoms with Crippen molar-refractivity contribution in [3.63, 3.8) is 0 Å². The zero-order chi connectivity index (χ0) is 15.7. The van der Waals surface area contributed by atoms with Gasteiger partial charge in [-0.15, -0.1) is 11.3 Å². The molecule has 2 heterocycles. The summed E-state index contributed by atoms with van der Waals surface area (Å²) in [5.74, 6) is 0.284. The van der Waals surface area contributed by atoms with Crippen LogP contribution in [0.15, 0.2) is 0 Å². The lowest BCUT2D eigenvalue weighted by molar-refractivity contribution is -0.128. The number of carbonyl (C=O) groups excluding carboxylic acids is 2. The summed E-state index contributed by atoms with van der Waals surface area (Å²) in [6.07, 6.45) is 3.99. The number of aromatic nitrogens is 1. The first kappa shape index (κ1) is 15.3. The van der Waals surface area contributed by atoms with Crippen LogP contribution in [0.4, 0.5) is 4.79 Å². The molecule has 7 heteroatoms. The van der Waals surface area contributed by atoms with Crippen molar-refractivity contribution < 1.29 is 9.59 Å². The number of nitrogens with zero attached hydrogens (tertiary/aromatic N) is 2. The molecule has 1 aliphatic carbocycles. The van der Waals surface area contributed by atoms with Gasteiger partial charge in [0.2, 0.25) is 5.91 Å². The number of amides is 3. The monoisotopic (exact) mass is 322 g/mol. The number of hydrogen-bond acceptors (Lipinski definition) is 4. The predicted molar refractivity (Wildman–Crippen MR) is 85.1 cm³/mol. The molecule has 2 aliphatic rings. The van der Waals surface area contributed by atoms with E-state index in [1.165, 1.54) is 4.88 Å². The highest BCUT2D eigenvalue weighted by atomic mass is 32.1. The molecule has 3 rings (SSSR count). The first-order valence-electron chi connectivity index (χ1n) is 7.80. The molecule has 3 amide bonds. The van der Waals surface area contributed by atoms with E-state index >= 15 is 0 Å². The number of urea groups is 1. The second-order valence-electron chi connectivity index (χ2n) is 6.09. The lowest BCUT2D eigenvalue weighted by atomic mass is 9.91. The number of fused-ring (bicyclic) bond motifs is 1. The molecule has 0 spiro atoms. The normalized spacial score (nSPS) is 24.3. The molecule has 22 heavy (non-hydrogen) atoms. The Morgan fingerprint density at radius 2 is 2.27 bits per heavy atom. The van der Waals surface area contributed by atoms with E-state index in [0.29, 0.717) is 25.4 Å². The van der Waals surface area contributed by atoms with Gasteiger partial charge in [-0.3, -0.25) is 4.79 Å². The summed E-state index contributed by atoms with van der Waals surface area (Å²) in [6, 6.07) is -0.638. The molecule has 0 bridgehead atoms. The Morgan fingerprint density at radius 1 is 1.45 bits per heavy atom. The van der Waals surface area contributed by atoms with Gasteiger partial charge in [0, 0.05) is 30.9 Å². The van der Waals surface area contributed by atoms with Crippen molar-refractivity contribution in [2.24, 2.45) is 0 Å². The molecule has 1 aromatic rings. The topological polar surface area (TPSA) is 74.3 Å². The molecule has 120 valence electrons. The van der Waals surface area contributed by atoms with Gasteiger partial charge >= 0.3 is 6.03 Å². The highest BCUT2D eigenvalue weighted by Gasteiger charge is 2.30. The maximum absolute atomic E-state index is 12.0. The van der Waals surface area contributed by atoms with Gasteiger partial charge < -0.3 is 15.5 Å². The fraction of sp³-hybridized carbons (Fsp3) is 0.667. The van der Waals surface area contributed by atoms with Gasteiger partial charge in [-0.05, 0) is 32.6 Å².